The minimum absolute atomic E-state index is 0.191. The summed E-state index contributed by atoms with van der Waals surface area (Å²) in [5, 5.41) is 0. The maximum atomic E-state index is 12.2. The van der Waals surface area contributed by atoms with E-state index in [1.807, 2.05) is 18.7 Å². The number of hydrogen-bond acceptors (Lipinski definition) is 2. The Bertz CT molecular complexity index is 258. The van der Waals surface area contributed by atoms with Gasteiger partial charge in [0.05, 0.1) is 5.41 Å². The lowest BCUT2D eigenvalue weighted by atomic mass is 9.94. The van der Waals surface area contributed by atoms with Crippen molar-refractivity contribution in [1.82, 2.24) is 9.80 Å². The predicted molar refractivity (Wildman–Crippen MR) is 72.4 cm³/mol. The van der Waals surface area contributed by atoms with Crippen molar-refractivity contribution >= 4 is 17.5 Å². The Morgan fingerprint density at radius 3 is 2.18 bits per heavy atom. The molecular weight excluding hydrogens is 236 g/mol. The van der Waals surface area contributed by atoms with Crippen LogP contribution in [-0.4, -0.2) is 54.3 Å². The van der Waals surface area contributed by atoms with Crippen LogP contribution in [0.25, 0.3) is 0 Å². The van der Waals surface area contributed by atoms with Crippen LogP contribution in [0.3, 0.4) is 0 Å². The van der Waals surface area contributed by atoms with Crippen LogP contribution in [0.5, 0.6) is 0 Å². The highest BCUT2D eigenvalue weighted by atomic mass is 35.5. The van der Waals surface area contributed by atoms with Crippen molar-refractivity contribution in [3.8, 4) is 0 Å². The molecule has 1 aliphatic heterocycles. The first kappa shape index (κ1) is 14.8. The lowest BCUT2D eigenvalue weighted by molar-refractivity contribution is -0.141. The Morgan fingerprint density at radius 1 is 1.24 bits per heavy atom. The lowest BCUT2D eigenvalue weighted by Gasteiger charge is -2.38. The molecule has 0 unspecified atom stereocenters. The van der Waals surface area contributed by atoms with Crippen molar-refractivity contribution in [2.45, 2.75) is 27.7 Å². The molecule has 1 saturated heterocycles. The number of piperazine rings is 1. The fourth-order valence-corrected chi connectivity index (χ4v) is 2.25. The third kappa shape index (κ3) is 4.14. The van der Waals surface area contributed by atoms with E-state index >= 15 is 0 Å². The highest BCUT2D eigenvalue weighted by molar-refractivity contribution is 6.19. The van der Waals surface area contributed by atoms with Crippen molar-refractivity contribution in [2.24, 2.45) is 11.3 Å². The van der Waals surface area contributed by atoms with Crippen molar-refractivity contribution in [2.75, 3.05) is 38.6 Å². The number of amides is 1. The van der Waals surface area contributed by atoms with Gasteiger partial charge < -0.3 is 4.90 Å². The SMILES string of the molecule is CC(C)CN1CCN(C(=O)C(C)(C)CCl)CC1. The summed E-state index contributed by atoms with van der Waals surface area (Å²) >= 11 is 5.85. The summed E-state index contributed by atoms with van der Waals surface area (Å²) in [4.78, 5) is 16.6. The second-order valence-corrected chi connectivity index (χ2v) is 6.27. The minimum Gasteiger partial charge on any atom is -0.340 e. The maximum Gasteiger partial charge on any atom is 0.229 e. The summed E-state index contributed by atoms with van der Waals surface area (Å²) in [6, 6.07) is 0. The Morgan fingerprint density at radius 2 is 1.76 bits per heavy atom. The minimum atomic E-state index is -0.429. The summed E-state index contributed by atoms with van der Waals surface area (Å²) in [6.07, 6.45) is 0. The van der Waals surface area contributed by atoms with Gasteiger partial charge in [-0.05, 0) is 19.8 Å². The first-order valence-corrected chi connectivity index (χ1v) is 6.98. The highest BCUT2D eigenvalue weighted by Crippen LogP contribution is 2.21. The quantitative estimate of drug-likeness (QED) is 0.723. The average molecular weight is 261 g/mol. The van der Waals surface area contributed by atoms with Crippen molar-refractivity contribution in [1.29, 1.82) is 0 Å². The van der Waals surface area contributed by atoms with Gasteiger partial charge in [0, 0.05) is 38.6 Å². The van der Waals surface area contributed by atoms with E-state index in [4.69, 9.17) is 11.6 Å². The van der Waals surface area contributed by atoms with E-state index in [1.54, 1.807) is 0 Å². The molecule has 1 aliphatic rings. The van der Waals surface area contributed by atoms with Gasteiger partial charge in [0.2, 0.25) is 5.91 Å². The Labute approximate surface area is 110 Å². The van der Waals surface area contributed by atoms with E-state index in [1.165, 1.54) is 0 Å². The van der Waals surface area contributed by atoms with E-state index < -0.39 is 5.41 Å². The third-order valence-electron chi connectivity index (χ3n) is 3.20. The summed E-state index contributed by atoms with van der Waals surface area (Å²) < 4.78 is 0. The number of hydrogen-bond donors (Lipinski definition) is 0. The van der Waals surface area contributed by atoms with E-state index in [0.717, 1.165) is 32.7 Å². The van der Waals surface area contributed by atoms with E-state index in [2.05, 4.69) is 18.7 Å². The van der Waals surface area contributed by atoms with Gasteiger partial charge in [-0.15, -0.1) is 11.6 Å². The standard InChI is InChI=1S/C13H25ClN2O/c1-11(2)9-15-5-7-16(8-6-15)12(17)13(3,4)10-14/h11H,5-10H2,1-4H3. The van der Waals surface area contributed by atoms with Crippen LogP contribution >= 0.6 is 11.6 Å². The van der Waals surface area contributed by atoms with Gasteiger partial charge in [0.1, 0.15) is 0 Å². The van der Waals surface area contributed by atoms with Crippen LogP contribution in [0, 0.1) is 11.3 Å². The lowest BCUT2D eigenvalue weighted by Crippen LogP contribution is -2.53. The molecule has 0 aromatic heterocycles. The smallest absolute Gasteiger partial charge is 0.229 e. The summed E-state index contributed by atoms with van der Waals surface area (Å²) in [7, 11) is 0. The van der Waals surface area contributed by atoms with E-state index in [0.29, 0.717) is 11.8 Å². The predicted octanol–water partition coefficient (Wildman–Crippen LogP) is 2.05. The van der Waals surface area contributed by atoms with Gasteiger partial charge in [-0.3, -0.25) is 9.69 Å². The number of rotatable bonds is 4. The summed E-state index contributed by atoms with van der Waals surface area (Å²) in [6.45, 7) is 13.1. The zero-order chi connectivity index (χ0) is 13.1. The fraction of sp³-hybridized carbons (Fsp3) is 0.923. The molecule has 17 heavy (non-hydrogen) atoms. The largest absolute Gasteiger partial charge is 0.340 e. The van der Waals surface area contributed by atoms with Crippen molar-refractivity contribution in [3.05, 3.63) is 0 Å². The number of alkyl halides is 1. The Kier molecular flexibility index (Phi) is 5.26. The van der Waals surface area contributed by atoms with Gasteiger partial charge in [0.15, 0.2) is 0 Å². The van der Waals surface area contributed by atoms with Gasteiger partial charge in [-0.1, -0.05) is 13.8 Å². The first-order chi connectivity index (χ1) is 7.86. The molecule has 1 amide bonds. The van der Waals surface area contributed by atoms with Crippen LogP contribution in [-0.2, 0) is 4.79 Å². The van der Waals surface area contributed by atoms with E-state index in [-0.39, 0.29) is 5.91 Å². The molecule has 0 bridgehead atoms. The second-order valence-electron chi connectivity index (χ2n) is 6.00. The summed E-state index contributed by atoms with van der Waals surface area (Å²) in [5.74, 6) is 1.27. The molecular formula is C13H25ClN2O. The molecule has 0 saturated carbocycles. The zero-order valence-electron chi connectivity index (χ0n) is 11.5. The molecule has 4 heteroatoms. The van der Waals surface area contributed by atoms with Crippen LogP contribution in [0.4, 0.5) is 0 Å². The molecule has 1 heterocycles. The first-order valence-electron chi connectivity index (χ1n) is 6.44. The van der Waals surface area contributed by atoms with Crippen LogP contribution in [0.15, 0.2) is 0 Å². The van der Waals surface area contributed by atoms with Crippen molar-refractivity contribution in [3.63, 3.8) is 0 Å². The molecule has 0 aromatic carbocycles. The van der Waals surface area contributed by atoms with Gasteiger partial charge >= 0.3 is 0 Å². The third-order valence-corrected chi connectivity index (χ3v) is 3.86. The van der Waals surface area contributed by atoms with Crippen LogP contribution in [0.2, 0.25) is 0 Å². The van der Waals surface area contributed by atoms with Gasteiger partial charge in [0.25, 0.3) is 0 Å². The molecule has 1 fully saturated rings. The molecule has 0 aromatic rings. The molecule has 0 aliphatic carbocycles. The Hall–Kier alpha value is -0.280. The monoisotopic (exact) mass is 260 g/mol. The van der Waals surface area contributed by atoms with Gasteiger partial charge in [-0.25, -0.2) is 0 Å². The van der Waals surface area contributed by atoms with Crippen LogP contribution < -0.4 is 0 Å². The Balaban J connectivity index is 2.44. The fourth-order valence-electron chi connectivity index (χ4n) is 2.14. The normalized spacial score (nSPS) is 18.8. The molecule has 0 spiro atoms. The molecule has 0 atom stereocenters. The number of nitrogens with zero attached hydrogens (tertiary/aromatic N) is 2. The molecule has 0 N–H and O–H groups in total. The van der Waals surface area contributed by atoms with Crippen molar-refractivity contribution < 1.29 is 4.79 Å². The highest BCUT2D eigenvalue weighted by Gasteiger charge is 2.32. The maximum absolute atomic E-state index is 12.2. The number of carbonyl (C=O) groups excluding carboxylic acids is 1. The molecule has 100 valence electrons. The van der Waals surface area contributed by atoms with Gasteiger partial charge in [-0.2, -0.15) is 0 Å². The molecule has 3 nitrogen and oxygen atoms in total. The van der Waals surface area contributed by atoms with E-state index in [9.17, 15) is 4.79 Å². The number of carbonyl (C=O) groups is 1. The number of halogens is 1. The topological polar surface area (TPSA) is 23.6 Å². The average Bonchev–Trinajstić information content (AvgIpc) is 2.28. The second kappa shape index (κ2) is 6.05. The molecule has 0 radical (unpaired) electrons. The zero-order valence-corrected chi connectivity index (χ0v) is 12.3. The van der Waals surface area contributed by atoms with Crippen LogP contribution in [0.1, 0.15) is 27.7 Å². The summed E-state index contributed by atoms with van der Waals surface area (Å²) in [5.41, 5.74) is -0.429. The molecule has 1 rings (SSSR count).